The molecule has 0 radical (unpaired) electrons. The zero-order chi connectivity index (χ0) is 18.7. The highest BCUT2D eigenvalue weighted by Crippen LogP contribution is 2.25. The SMILES string of the molecule is Cc1ncc(S(C)(=O)=O)c(NC2CCN(c3ncccc3C#N)CC2)n1. The highest BCUT2D eigenvalue weighted by atomic mass is 32.2. The molecule has 0 aliphatic carbocycles. The van der Waals surface area contributed by atoms with E-state index >= 15 is 0 Å². The molecule has 136 valence electrons. The van der Waals surface area contributed by atoms with E-state index in [4.69, 9.17) is 0 Å². The smallest absolute Gasteiger partial charge is 0.180 e. The Balaban J connectivity index is 1.72. The second-order valence-corrected chi connectivity index (χ2v) is 8.28. The Kier molecular flexibility index (Phi) is 5.04. The molecule has 2 aromatic rings. The molecule has 26 heavy (non-hydrogen) atoms. The van der Waals surface area contributed by atoms with Gasteiger partial charge in [0.15, 0.2) is 9.84 Å². The Morgan fingerprint density at radius 3 is 2.69 bits per heavy atom. The summed E-state index contributed by atoms with van der Waals surface area (Å²) in [6.45, 7) is 3.17. The monoisotopic (exact) mass is 372 g/mol. The van der Waals surface area contributed by atoms with Crippen molar-refractivity contribution in [2.75, 3.05) is 29.6 Å². The average molecular weight is 372 g/mol. The molecule has 2 aromatic heterocycles. The summed E-state index contributed by atoms with van der Waals surface area (Å²) in [7, 11) is -3.41. The van der Waals surface area contributed by atoms with Gasteiger partial charge in [0.05, 0.1) is 11.8 Å². The number of aromatic nitrogens is 3. The minimum atomic E-state index is -3.41. The van der Waals surface area contributed by atoms with Crippen LogP contribution in [-0.4, -0.2) is 48.8 Å². The van der Waals surface area contributed by atoms with E-state index in [1.165, 1.54) is 6.20 Å². The van der Waals surface area contributed by atoms with Crippen LogP contribution < -0.4 is 10.2 Å². The molecule has 3 rings (SSSR count). The first-order valence-corrected chi connectivity index (χ1v) is 10.2. The number of nitriles is 1. The van der Waals surface area contributed by atoms with Crippen molar-refractivity contribution in [2.24, 2.45) is 0 Å². The van der Waals surface area contributed by atoms with Gasteiger partial charge >= 0.3 is 0 Å². The lowest BCUT2D eigenvalue weighted by Crippen LogP contribution is -2.40. The van der Waals surface area contributed by atoms with Crippen molar-refractivity contribution >= 4 is 21.5 Å². The number of piperidine rings is 1. The van der Waals surface area contributed by atoms with Crippen molar-refractivity contribution in [3.63, 3.8) is 0 Å². The van der Waals surface area contributed by atoms with E-state index in [1.54, 1.807) is 25.3 Å². The Morgan fingerprint density at radius 2 is 2.04 bits per heavy atom. The van der Waals surface area contributed by atoms with Crippen LogP contribution in [0.5, 0.6) is 0 Å². The van der Waals surface area contributed by atoms with Crippen molar-refractivity contribution in [1.29, 1.82) is 5.26 Å². The lowest BCUT2D eigenvalue weighted by molar-refractivity contribution is 0.520. The fourth-order valence-corrected chi connectivity index (χ4v) is 3.70. The predicted octanol–water partition coefficient (Wildman–Crippen LogP) is 1.54. The van der Waals surface area contributed by atoms with Crippen LogP contribution in [0.4, 0.5) is 11.6 Å². The molecule has 3 heterocycles. The molecule has 0 aromatic carbocycles. The minimum absolute atomic E-state index is 0.0929. The summed E-state index contributed by atoms with van der Waals surface area (Å²) >= 11 is 0. The number of nitrogens with one attached hydrogen (secondary N) is 1. The first-order chi connectivity index (χ1) is 12.4. The largest absolute Gasteiger partial charge is 0.366 e. The first kappa shape index (κ1) is 18.1. The number of hydrogen-bond acceptors (Lipinski definition) is 8. The number of sulfone groups is 1. The molecular weight excluding hydrogens is 352 g/mol. The maximum absolute atomic E-state index is 11.9. The molecule has 0 spiro atoms. The zero-order valence-corrected chi connectivity index (χ0v) is 15.5. The van der Waals surface area contributed by atoms with E-state index < -0.39 is 9.84 Å². The third-order valence-electron chi connectivity index (χ3n) is 4.32. The summed E-state index contributed by atoms with van der Waals surface area (Å²) in [6.07, 6.45) is 5.76. The first-order valence-electron chi connectivity index (χ1n) is 8.29. The maximum Gasteiger partial charge on any atom is 0.180 e. The summed E-state index contributed by atoms with van der Waals surface area (Å²) in [4.78, 5) is 14.8. The Hall–Kier alpha value is -2.73. The Morgan fingerprint density at radius 1 is 1.31 bits per heavy atom. The van der Waals surface area contributed by atoms with Gasteiger partial charge in [0.1, 0.15) is 28.4 Å². The van der Waals surface area contributed by atoms with E-state index in [1.807, 2.05) is 0 Å². The fraction of sp³-hybridized carbons (Fsp3) is 0.412. The lowest BCUT2D eigenvalue weighted by Gasteiger charge is -2.33. The van der Waals surface area contributed by atoms with Crippen LogP contribution in [0.3, 0.4) is 0 Å². The van der Waals surface area contributed by atoms with Crippen LogP contribution in [0.2, 0.25) is 0 Å². The van der Waals surface area contributed by atoms with Gasteiger partial charge in [-0.3, -0.25) is 0 Å². The number of aryl methyl sites for hydroxylation is 1. The van der Waals surface area contributed by atoms with Crippen LogP contribution >= 0.6 is 0 Å². The molecule has 0 atom stereocenters. The molecule has 0 bridgehead atoms. The minimum Gasteiger partial charge on any atom is -0.366 e. The standard InChI is InChI=1S/C17H20N6O2S/c1-12-20-11-15(26(2,24)25)16(21-12)22-14-5-8-23(9-6-14)17-13(10-18)4-3-7-19-17/h3-4,7,11,14H,5-6,8-9H2,1-2H3,(H,20,21,22). The summed E-state index contributed by atoms with van der Waals surface area (Å²) in [5.74, 6) is 1.57. The third kappa shape index (κ3) is 3.91. The van der Waals surface area contributed by atoms with E-state index in [0.29, 0.717) is 23.0 Å². The molecule has 0 amide bonds. The van der Waals surface area contributed by atoms with Crippen LogP contribution in [0.1, 0.15) is 24.2 Å². The number of nitrogens with zero attached hydrogens (tertiary/aromatic N) is 5. The lowest BCUT2D eigenvalue weighted by atomic mass is 10.0. The normalized spacial score (nSPS) is 15.5. The molecule has 1 N–H and O–H groups in total. The van der Waals surface area contributed by atoms with E-state index in [9.17, 15) is 13.7 Å². The van der Waals surface area contributed by atoms with Crippen molar-refractivity contribution in [1.82, 2.24) is 15.0 Å². The molecule has 9 heteroatoms. The van der Waals surface area contributed by atoms with Crippen LogP contribution in [0.25, 0.3) is 0 Å². The van der Waals surface area contributed by atoms with Crippen molar-refractivity contribution in [3.05, 3.63) is 35.9 Å². The number of pyridine rings is 1. The van der Waals surface area contributed by atoms with E-state index in [0.717, 1.165) is 32.2 Å². The van der Waals surface area contributed by atoms with Gasteiger partial charge in [-0.15, -0.1) is 0 Å². The highest BCUT2D eigenvalue weighted by molar-refractivity contribution is 7.90. The topological polar surface area (TPSA) is 112 Å². The van der Waals surface area contributed by atoms with Gasteiger partial charge < -0.3 is 10.2 Å². The molecule has 1 saturated heterocycles. The molecule has 1 fully saturated rings. The molecule has 1 aliphatic heterocycles. The Bertz CT molecular complexity index is 946. The summed E-state index contributed by atoms with van der Waals surface area (Å²) in [5.41, 5.74) is 0.560. The van der Waals surface area contributed by atoms with Crippen LogP contribution in [-0.2, 0) is 9.84 Å². The summed E-state index contributed by atoms with van der Waals surface area (Å²) < 4.78 is 23.9. The molecular formula is C17H20N6O2S. The fourth-order valence-electron chi connectivity index (χ4n) is 3.00. The van der Waals surface area contributed by atoms with Gasteiger partial charge in [-0.25, -0.2) is 23.4 Å². The van der Waals surface area contributed by atoms with Gasteiger partial charge in [0.2, 0.25) is 0 Å². The number of rotatable bonds is 4. The maximum atomic E-state index is 11.9. The zero-order valence-electron chi connectivity index (χ0n) is 14.7. The number of hydrogen-bond donors (Lipinski definition) is 1. The quantitative estimate of drug-likeness (QED) is 0.860. The van der Waals surface area contributed by atoms with Crippen LogP contribution in [0.15, 0.2) is 29.4 Å². The van der Waals surface area contributed by atoms with Crippen molar-refractivity contribution < 1.29 is 8.42 Å². The second kappa shape index (κ2) is 7.25. The molecule has 8 nitrogen and oxygen atoms in total. The van der Waals surface area contributed by atoms with Gasteiger partial charge in [0, 0.05) is 31.6 Å². The van der Waals surface area contributed by atoms with Gasteiger partial charge in [-0.2, -0.15) is 5.26 Å². The Labute approximate surface area is 152 Å². The van der Waals surface area contributed by atoms with E-state index in [2.05, 4.69) is 31.2 Å². The molecule has 1 aliphatic rings. The highest BCUT2D eigenvalue weighted by Gasteiger charge is 2.24. The van der Waals surface area contributed by atoms with Crippen molar-refractivity contribution in [3.8, 4) is 6.07 Å². The molecule has 0 unspecified atom stereocenters. The number of anilines is 2. The average Bonchev–Trinajstić information content (AvgIpc) is 2.61. The molecule has 0 saturated carbocycles. The van der Waals surface area contributed by atoms with Gasteiger partial charge in [0.25, 0.3) is 0 Å². The third-order valence-corrected chi connectivity index (χ3v) is 5.42. The van der Waals surface area contributed by atoms with Gasteiger partial charge in [-0.1, -0.05) is 0 Å². The van der Waals surface area contributed by atoms with E-state index in [-0.39, 0.29) is 10.9 Å². The second-order valence-electron chi connectivity index (χ2n) is 6.29. The summed E-state index contributed by atoms with van der Waals surface area (Å²) in [5, 5.41) is 12.5. The summed E-state index contributed by atoms with van der Waals surface area (Å²) in [6, 6.07) is 5.77. The van der Waals surface area contributed by atoms with Gasteiger partial charge in [-0.05, 0) is 31.9 Å². The predicted molar refractivity (Wildman–Crippen MR) is 97.7 cm³/mol. The van der Waals surface area contributed by atoms with Crippen LogP contribution in [0, 0.1) is 18.3 Å². The van der Waals surface area contributed by atoms with Crippen molar-refractivity contribution in [2.45, 2.75) is 30.7 Å².